The maximum Gasteiger partial charge on any atom is 0.339 e. The van der Waals surface area contributed by atoms with Crippen molar-refractivity contribution in [2.75, 3.05) is 37.7 Å². The van der Waals surface area contributed by atoms with E-state index in [0.29, 0.717) is 29.7 Å². The van der Waals surface area contributed by atoms with Crippen LogP contribution in [0.25, 0.3) is 11.0 Å². The summed E-state index contributed by atoms with van der Waals surface area (Å²) in [7, 11) is 0. The average molecular weight is 450 g/mol. The lowest BCUT2D eigenvalue weighted by atomic mass is 10.1. The second-order valence-electron chi connectivity index (χ2n) is 8.95. The largest absolute Gasteiger partial charge is 0.452 e. The molecule has 2 aromatic heterocycles. The third kappa shape index (κ3) is 4.84. The quantitative estimate of drug-likeness (QED) is 0.535. The predicted molar refractivity (Wildman–Crippen MR) is 128 cm³/mol. The molecule has 1 aromatic carbocycles. The highest BCUT2D eigenvalue weighted by Gasteiger charge is 2.24. The summed E-state index contributed by atoms with van der Waals surface area (Å²) < 4.78 is 7.26. The molecule has 8 nitrogen and oxygen atoms in total. The van der Waals surface area contributed by atoms with Crippen molar-refractivity contribution in [2.45, 2.75) is 39.7 Å². The van der Waals surface area contributed by atoms with Crippen LogP contribution in [0.2, 0.25) is 0 Å². The van der Waals surface area contributed by atoms with Crippen LogP contribution < -0.4 is 4.90 Å². The van der Waals surface area contributed by atoms with Gasteiger partial charge in [0.15, 0.2) is 12.3 Å². The molecule has 0 radical (unpaired) electrons. The van der Waals surface area contributed by atoms with E-state index in [0.717, 1.165) is 24.5 Å². The van der Waals surface area contributed by atoms with Crippen LogP contribution in [0.5, 0.6) is 0 Å². The number of fused-ring (bicyclic) bond motifs is 1. The van der Waals surface area contributed by atoms with E-state index in [4.69, 9.17) is 9.72 Å². The average Bonchev–Trinajstić information content (AvgIpc) is 3.27. The fourth-order valence-corrected chi connectivity index (χ4v) is 4.03. The van der Waals surface area contributed by atoms with Crippen LogP contribution in [0.4, 0.5) is 5.69 Å². The standard InChI is InChI=1S/C25H31N5O3/c1-17(2)22-14-20(21-15-26-30(18(3)4)24(21)27-22)25(32)33-16-23(31)29-12-10-28(11-13-29)19-8-6-5-7-9-19/h5-9,14-15,17-18H,10-13,16H2,1-4H3. The number of para-hydroxylation sites is 1. The Bertz CT molecular complexity index is 1130. The van der Waals surface area contributed by atoms with Gasteiger partial charge in [0.25, 0.3) is 5.91 Å². The molecule has 174 valence electrons. The van der Waals surface area contributed by atoms with Crippen molar-refractivity contribution >= 4 is 28.6 Å². The lowest BCUT2D eigenvalue weighted by molar-refractivity contribution is -0.134. The molecule has 8 heteroatoms. The lowest BCUT2D eigenvalue weighted by Crippen LogP contribution is -2.49. The fourth-order valence-electron chi connectivity index (χ4n) is 4.03. The molecule has 0 aliphatic carbocycles. The number of carbonyl (C=O) groups excluding carboxylic acids is 2. The highest BCUT2D eigenvalue weighted by atomic mass is 16.5. The number of esters is 1. The molecule has 0 saturated carbocycles. The number of pyridine rings is 1. The molecule has 0 spiro atoms. The molecule has 1 aliphatic heterocycles. The van der Waals surface area contributed by atoms with Crippen molar-refractivity contribution in [1.82, 2.24) is 19.7 Å². The molecule has 1 saturated heterocycles. The van der Waals surface area contributed by atoms with Gasteiger partial charge >= 0.3 is 5.97 Å². The van der Waals surface area contributed by atoms with Crippen molar-refractivity contribution in [3.63, 3.8) is 0 Å². The second-order valence-corrected chi connectivity index (χ2v) is 8.95. The zero-order valence-corrected chi connectivity index (χ0v) is 19.7. The third-order valence-corrected chi connectivity index (χ3v) is 5.97. The number of benzene rings is 1. The maximum atomic E-state index is 13.0. The van der Waals surface area contributed by atoms with E-state index in [-0.39, 0.29) is 24.5 Å². The van der Waals surface area contributed by atoms with Crippen molar-refractivity contribution in [3.05, 3.63) is 53.9 Å². The molecule has 1 fully saturated rings. The maximum absolute atomic E-state index is 13.0. The van der Waals surface area contributed by atoms with Gasteiger partial charge in [-0.2, -0.15) is 5.10 Å². The van der Waals surface area contributed by atoms with E-state index < -0.39 is 5.97 Å². The van der Waals surface area contributed by atoms with Crippen LogP contribution in [0.1, 0.15) is 55.7 Å². The summed E-state index contributed by atoms with van der Waals surface area (Å²) in [5, 5.41) is 5.05. The molecule has 1 aliphatic rings. The topological polar surface area (TPSA) is 80.6 Å². The molecule has 0 bridgehead atoms. The molecule has 4 rings (SSSR count). The zero-order valence-electron chi connectivity index (χ0n) is 19.7. The molecule has 33 heavy (non-hydrogen) atoms. The first kappa shape index (κ1) is 22.8. The van der Waals surface area contributed by atoms with E-state index in [1.54, 1.807) is 21.8 Å². The molecule has 0 N–H and O–H groups in total. The molecular weight excluding hydrogens is 418 g/mol. The van der Waals surface area contributed by atoms with Gasteiger partial charge in [0.1, 0.15) is 0 Å². The highest BCUT2D eigenvalue weighted by Crippen LogP contribution is 2.25. The van der Waals surface area contributed by atoms with Gasteiger partial charge in [-0.05, 0) is 38.0 Å². The normalized spacial score (nSPS) is 14.4. The number of rotatable bonds is 6. The summed E-state index contributed by atoms with van der Waals surface area (Å²) in [5.74, 6) is -0.564. The summed E-state index contributed by atoms with van der Waals surface area (Å²) in [6.07, 6.45) is 1.65. The second kappa shape index (κ2) is 9.60. The number of ether oxygens (including phenoxy) is 1. The number of hydrogen-bond acceptors (Lipinski definition) is 6. The lowest BCUT2D eigenvalue weighted by Gasteiger charge is -2.36. The van der Waals surface area contributed by atoms with Crippen LogP contribution in [0.3, 0.4) is 0 Å². The van der Waals surface area contributed by atoms with Gasteiger partial charge in [-0.25, -0.2) is 14.5 Å². The number of nitrogens with zero attached hydrogens (tertiary/aromatic N) is 5. The van der Waals surface area contributed by atoms with Crippen LogP contribution in [0, 0.1) is 0 Å². The number of carbonyl (C=O) groups is 2. The Morgan fingerprint density at radius 2 is 1.73 bits per heavy atom. The Kier molecular flexibility index (Phi) is 6.62. The minimum absolute atomic E-state index is 0.109. The monoisotopic (exact) mass is 449 g/mol. The van der Waals surface area contributed by atoms with Gasteiger partial charge in [-0.1, -0.05) is 32.0 Å². The third-order valence-electron chi connectivity index (χ3n) is 5.97. The van der Waals surface area contributed by atoms with Gasteiger partial charge in [-0.15, -0.1) is 0 Å². The van der Waals surface area contributed by atoms with Crippen molar-refractivity contribution < 1.29 is 14.3 Å². The van der Waals surface area contributed by atoms with E-state index in [9.17, 15) is 9.59 Å². The molecule has 0 unspecified atom stereocenters. The number of amides is 1. The Hall–Kier alpha value is -3.42. The molecular formula is C25H31N5O3. The van der Waals surface area contributed by atoms with Crippen LogP contribution >= 0.6 is 0 Å². The Morgan fingerprint density at radius 1 is 1.03 bits per heavy atom. The van der Waals surface area contributed by atoms with Gasteiger partial charge in [0.2, 0.25) is 0 Å². The highest BCUT2D eigenvalue weighted by molar-refractivity contribution is 6.03. The Labute approximate surface area is 194 Å². The summed E-state index contributed by atoms with van der Waals surface area (Å²) in [5.41, 5.74) is 3.00. The molecule has 3 aromatic rings. The summed E-state index contributed by atoms with van der Waals surface area (Å²) in [6.45, 7) is 10.5. The van der Waals surface area contributed by atoms with Gasteiger partial charge in [0, 0.05) is 43.6 Å². The molecule has 0 atom stereocenters. The first-order valence-corrected chi connectivity index (χ1v) is 11.5. The number of anilines is 1. The van der Waals surface area contributed by atoms with Crippen LogP contribution in [-0.4, -0.2) is 64.3 Å². The molecule has 3 heterocycles. The summed E-state index contributed by atoms with van der Waals surface area (Å²) in [6, 6.07) is 12.0. The van der Waals surface area contributed by atoms with Crippen molar-refractivity contribution in [2.24, 2.45) is 0 Å². The number of hydrogen-bond donors (Lipinski definition) is 0. The van der Waals surface area contributed by atoms with Gasteiger partial charge in [0.05, 0.1) is 17.1 Å². The minimum atomic E-state index is -0.524. The predicted octanol–water partition coefficient (Wildman–Crippen LogP) is 3.64. The minimum Gasteiger partial charge on any atom is -0.452 e. The first-order valence-electron chi connectivity index (χ1n) is 11.5. The van der Waals surface area contributed by atoms with Gasteiger partial charge in [-0.3, -0.25) is 4.79 Å². The smallest absolute Gasteiger partial charge is 0.339 e. The SMILES string of the molecule is CC(C)c1cc(C(=O)OCC(=O)N2CCN(c3ccccc3)CC2)c2cnn(C(C)C)c2n1. The number of piperazine rings is 1. The van der Waals surface area contributed by atoms with E-state index in [1.807, 2.05) is 45.9 Å². The molecule has 1 amide bonds. The van der Waals surface area contributed by atoms with Gasteiger partial charge < -0.3 is 14.5 Å². The van der Waals surface area contributed by atoms with Crippen LogP contribution in [-0.2, 0) is 9.53 Å². The Balaban J connectivity index is 1.42. The first-order chi connectivity index (χ1) is 15.8. The summed E-state index contributed by atoms with van der Waals surface area (Å²) in [4.78, 5) is 34.4. The van der Waals surface area contributed by atoms with E-state index in [1.165, 1.54) is 0 Å². The fraction of sp³-hybridized carbons (Fsp3) is 0.440. The van der Waals surface area contributed by atoms with Crippen molar-refractivity contribution in [3.8, 4) is 0 Å². The van der Waals surface area contributed by atoms with E-state index >= 15 is 0 Å². The summed E-state index contributed by atoms with van der Waals surface area (Å²) >= 11 is 0. The number of aromatic nitrogens is 3. The Morgan fingerprint density at radius 3 is 2.36 bits per heavy atom. The van der Waals surface area contributed by atoms with Crippen LogP contribution in [0.15, 0.2) is 42.6 Å². The van der Waals surface area contributed by atoms with Crippen molar-refractivity contribution in [1.29, 1.82) is 0 Å². The zero-order chi connectivity index (χ0) is 23.5. The van der Waals surface area contributed by atoms with E-state index in [2.05, 4.69) is 22.1 Å².